The smallest absolute Gasteiger partial charge is 0.159 e. The zero-order chi connectivity index (χ0) is 12.3. The molecule has 0 bridgehead atoms. The molecule has 89 valence electrons. The molecule has 2 rings (SSSR count). The first-order chi connectivity index (χ1) is 8.22. The number of rotatable bonds is 4. The highest BCUT2D eigenvalue weighted by atomic mass is 19.2. The first-order valence-electron chi connectivity index (χ1n) is 5.65. The van der Waals surface area contributed by atoms with Crippen molar-refractivity contribution < 1.29 is 8.78 Å². The van der Waals surface area contributed by atoms with E-state index in [1.807, 2.05) is 0 Å². The van der Waals surface area contributed by atoms with Crippen LogP contribution in [0.3, 0.4) is 0 Å². The van der Waals surface area contributed by atoms with Crippen molar-refractivity contribution >= 4 is 11.3 Å². The summed E-state index contributed by atoms with van der Waals surface area (Å²) in [6.45, 7) is 2.09. The fourth-order valence-corrected chi connectivity index (χ4v) is 1.72. The Morgan fingerprint density at radius 2 is 2.00 bits per heavy atom. The van der Waals surface area contributed by atoms with Gasteiger partial charge in [0.25, 0.3) is 0 Å². The van der Waals surface area contributed by atoms with Crippen molar-refractivity contribution in [1.82, 2.24) is 5.43 Å². The number of unbranched alkanes of at least 4 members (excludes halogenated alkanes) is 1. The second-order valence-corrected chi connectivity index (χ2v) is 3.94. The summed E-state index contributed by atoms with van der Waals surface area (Å²) in [7, 11) is 0. The summed E-state index contributed by atoms with van der Waals surface area (Å²) < 4.78 is 26.0. The van der Waals surface area contributed by atoms with E-state index in [0.717, 1.165) is 36.6 Å². The van der Waals surface area contributed by atoms with Crippen LogP contribution in [-0.4, -0.2) is 5.71 Å². The molecule has 2 nitrogen and oxygen atoms in total. The van der Waals surface area contributed by atoms with Crippen LogP contribution in [0.25, 0.3) is 5.57 Å². The molecule has 0 unspecified atom stereocenters. The van der Waals surface area contributed by atoms with E-state index in [1.165, 1.54) is 6.07 Å². The molecule has 0 fully saturated rings. The molecular weight excluding hydrogens is 222 g/mol. The van der Waals surface area contributed by atoms with Crippen molar-refractivity contribution in [3.05, 3.63) is 41.6 Å². The Kier molecular flexibility index (Phi) is 3.52. The van der Waals surface area contributed by atoms with Crippen molar-refractivity contribution in [2.45, 2.75) is 26.2 Å². The van der Waals surface area contributed by atoms with E-state index in [-0.39, 0.29) is 0 Å². The summed E-state index contributed by atoms with van der Waals surface area (Å²) >= 11 is 0. The highest BCUT2D eigenvalue weighted by Gasteiger charge is 2.16. The van der Waals surface area contributed by atoms with Crippen molar-refractivity contribution in [2.24, 2.45) is 5.10 Å². The monoisotopic (exact) mass is 235 g/mol. The summed E-state index contributed by atoms with van der Waals surface area (Å²) in [5.74, 6) is -1.68. The van der Waals surface area contributed by atoms with Crippen molar-refractivity contribution in [3.63, 3.8) is 0 Å². The molecule has 0 spiro atoms. The maximum Gasteiger partial charge on any atom is 0.159 e. The normalized spacial score (nSPS) is 14.3. The lowest BCUT2D eigenvalue weighted by atomic mass is 9.99. The van der Waals surface area contributed by atoms with Crippen LogP contribution < -0.4 is 5.43 Å². The van der Waals surface area contributed by atoms with E-state index in [0.29, 0.717) is 5.56 Å². The van der Waals surface area contributed by atoms with Crippen molar-refractivity contribution in [1.29, 1.82) is 0 Å². The van der Waals surface area contributed by atoms with Crippen LogP contribution in [0.1, 0.15) is 31.7 Å². The molecule has 17 heavy (non-hydrogen) atoms. The molecule has 0 aromatic heterocycles. The van der Waals surface area contributed by atoms with E-state index in [4.69, 9.17) is 0 Å². The van der Waals surface area contributed by atoms with Crippen LogP contribution >= 0.6 is 0 Å². The Morgan fingerprint density at radius 1 is 1.18 bits per heavy atom. The number of nitrogens with zero attached hydrogens (tertiary/aromatic N) is 2. The van der Waals surface area contributed by atoms with Gasteiger partial charge in [-0.05, 0) is 30.5 Å². The van der Waals surface area contributed by atoms with Crippen LogP contribution in [0, 0.1) is 11.6 Å². The number of hydrogen-bond acceptors (Lipinski definition) is 1. The molecule has 1 aromatic rings. The Morgan fingerprint density at radius 3 is 2.71 bits per heavy atom. The van der Waals surface area contributed by atoms with Crippen LogP contribution in [0.2, 0.25) is 0 Å². The molecule has 0 amide bonds. The number of hydrogen-bond donors (Lipinski definition) is 0. The van der Waals surface area contributed by atoms with Crippen LogP contribution in [0.5, 0.6) is 0 Å². The van der Waals surface area contributed by atoms with Gasteiger partial charge in [0.1, 0.15) is 0 Å². The molecule has 1 radical (unpaired) electrons. The SMILES string of the molecule is CCCCC1=N[N]C=C1c1ccc(F)c(F)c1. The topological polar surface area (TPSA) is 26.5 Å². The summed E-state index contributed by atoms with van der Waals surface area (Å²) in [4.78, 5) is 0. The van der Waals surface area contributed by atoms with E-state index in [1.54, 1.807) is 12.3 Å². The van der Waals surface area contributed by atoms with Gasteiger partial charge < -0.3 is 0 Å². The van der Waals surface area contributed by atoms with Gasteiger partial charge in [-0.3, -0.25) is 0 Å². The Bertz CT molecular complexity index is 478. The Labute approximate surface area is 99.0 Å². The first kappa shape index (κ1) is 11.8. The predicted octanol–water partition coefficient (Wildman–Crippen LogP) is 3.47. The van der Waals surface area contributed by atoms with E-state index < -0.39 is 11.6 Å². The van der Waals surface area contributed by atoms with Gasteiger partial charge in [-0.25, -0.2) is 8.78 Å². The lowest BCUT2D eigenvalue weighted by molar-refractivity contribution is 0.508. The second-order valence-electron chi connectivity index (χ2n) is 3.94. The van der Waals surface area contributed by atoms with Gasteiger partial charge in [-0.15, -0.1) is 0 Å². The minimum Gasteiger partial charge on any atom is -0.204 e. The third-order valence-electron chi connectivity index (χ3n) is 2.67. The van der Waals surface area contributed by atoms with Gasteiger partial charge in [-0.2, -0.15) is 10.5 Å². The number of benzene rings is 1. The van der Waals surface area contributed by atoms with Gasteiger partial charge in [0.2, 0.25) is 0 Å². The van der Waals surface area contributed by atoms with Gasteiger partial charge in [0, 0.05) is 5.57 Å². The van der Waals surface area contributed by atoms with Gasteiger partial charge in [0.05, 0.1) is 11.9 Å². The quantitative estimate of drug-likeness (QED) is 0.764. The molecule has 4 heteroatoms. The molecule has 1 aliphatic rings. The molecule has 1 aliphatic heterocycles. The van der Waals surface area contributed by atoms with Gasteiger partial charge in [-0.1, -0.05) is 19.4 Å². The molecule has 0 N–H and O–H groups in total. The van der Waals surface area contributed by atoms with Gasteiger partial charge in [0.15, 0.2) is 11.6 Å². The third kappa shape index (κ3) is 2.52. The molecule has 0 aliphatic carbocycles. The van der Waals surface area contributed by atoms with E-state index >= 15 is 0 Å². The molecule has 0 saturated heterocycles. The van der Waals surface area contributed by atoms with Crippen LogP contribution in [-0.2, 0) is 0 Å². The maximum absolute atomic E-state index is 13.1. The van der Waals surface area contributed by atoms with E-state index in [9.17, 15) is 8.78 Å². The molecule has 1 aromatic carbocycles. The summed E-state index contributed by atoms with van der Waals surface area (Å²) in [6, 6.07) is 3.86. The molecule has 0 saturated carbocycles. The van der Waals surface area contributed by atoms with Crippen LogP contribution in [0.15, 0.2) is 29.5 Å². The average molecular weight is 235 g/mol. The largest absolute Gasteiger partial charge is 0.204 e. The van der Waals surface area contributed by atoms with Crippen molar-refractivity contribution in [3.8, 4) is 0 Å². The zero-order valence-electron chi connectivity index (χ0n) is 9.58. The Balaban J connectivity index is 2.22. The maximum atomic E-state index is 13.1. The van der Waals surface area contributed by atoms with E-state index in [2.05, 4.69) is 17.5 Å². The average Bonchev–Trinajstić information content (AvgIpc) is 2.78. The molecule has 1 heterocycles. The minimum atomic E-state index is -0.842. The summed E-state index contributed by atoms with van der Waals surface area (Å²) in [5.41, 5.74) is 6.10. The highest BCUT2D eigenvalue weighted by molar-refractivity contribution is 6.24. The fraction of sp³-hybridized carbons (Fsp3) is 0.308. The minimum absolute atomic E-state index is 0.625. The number of allylic oxidation sites excluding steroid dienone is 1. The summed E-state index contributed by atoms with van der Waals surface area (Å²) in [6.07, 6.45) is 4.47. The highest BCUT2D eigenvalue weighted by Crippen LogP contribution is 2.23. The third-order valence-corrected chi connectivity index (χ3v) is 2.67. The standard InChI is InChI=1S/C13H13F2N2/c1-2-3-4-13-10(8-16-17-13)9-5-6-11(14)12(15)7-9/h5-8H,2-4H2,1H3. The lowest BCUT2D eigenvalue weighted by Gasteiger charge is -2.05. The molecule has 0 atom stereocenters. The number of halogens is 2. The summed E-state index contributed by atoms with van der Waals surface area (Å²) in [5, 5.41) is 4.02. The predicted molar refractivity (Wildman–Crippen MR) is 63.4 cm³/mol. The molecular formula is C13H13F2N2. The fourth-order valence-electron chi connectivity index (χ4n) is 1.72. The second kappa shape index (κ2) is 5.08. The Hall–Kier alpha value is -1.71. The first-order valence-corrected chi connectivity index (χ1v) is 5.65. The van der Waals surface area contributed by atoms with Crippen LogP contribution in [0.4, 0.5) is 8.78 Å². The zero-order valence-corrected chi connectivity index (χ0v) is 9.58. The van der Waals surface area contributed by atoms with Gasteiger partial charge >= 0.3 is 0 Å². The lowest BCUT2D eigenvalue weighted by Crippen LogP contribution is -2.00. The van der Waals surface area contributed by atoms with Crippen molar-refractivity contribution in [2.75, 3.05) is 0 Å².